The lowest BCUT2D eigenvalue weighted by molar-refractivity contribution is 0.0693. The maximum atomic E-state index is 11.5. The van der Waals surface area contributed by atoms with Gasteiger partial charge in [-0.05, 0) is 47.4 Å². The minimum Gasteiger partial charge on any atom is -0.478 e. The Hall–Kier alpha value is -2.60. The van der Waals surface area contributed by atoms with Crippen LogP contribution in [0.2, 0.25) is 0 Å². The maximum Gasteiger partial charge on any atom is 0.336 e. The summed E-state index contributed by atoms with van der Waals surface area (Å²) in [6, 6.07) is 23.6. The number of nitrogens with one attached hydrogen (secondary N) is 1. The highest BCUT2D eigenvalue weighted by Crippen LogP contribution is 2.31. The number of hydrogen-bond donors (Lipinski definition) is 3. The van der Waals surface area contributed by atoms with Gasteiger partial charge >= 0.3 is 5.97 Å². The summed E-state index contributed by atoms with van der Waals surface area (Å²) in [4.78, 5) is 12.3. The topological polar surface area (TPSA) is 69.6 Å². The predicted octanol–water partition coefficient (Wildman–Crippen LogP) is 5.42. The van der Waals surface area contributed by atoms with E-state index >= 15 is 0 Å². The molecule has 0 bridgehead atoms. The Labute approximate surface area is 188 Å². The number of hydrogen-bond acceptors (Lipinski definition) is 4. The van der Waals surface area contributed by atoms with Crippen molar-refractivity contribution in [2.45, 2.75) is 36.5 Å². The van der Waals surface area contributed by atoms with E-state index in [0.29, 0.717) is 17.4 Å². The minimum atomic E-state index is -0.894. The van der Waals surface area contributed by atoms with Crippen LogP contribution in [-0.2, 0) is 6.42 Å². The van der Waals surface area contributed by atoms with Crippen molar-refractivity contribution in [1.82, 2.24) is 5.32 Å². The lowest BCUT2D eigenvalue weighted by atomic mass is 10.0. The molecule has 3 N–H and O–H groups in total. The van der Waals surface area contributed by atoms with Crippen molar-refractivity contribution >= 4 is 17.7 Å². The van der Waals surface area contributed by atoms with Crippen molar-refractivity contribution in [3.05, 3.63) is 89.5 Å². The van der Waals surface area contributed by atoms with Gasteiger partial charge in [0.2, 0.25) is 0 Å². The summed E-state index contributed by atoms with van der Waals surface area (Å²) in [6.07, 6.45) is 0.365. The summed E-state index contributed by atoms with van der Waals surface area (Å²) in [5, 5.41) is 23.3. The molecule has 5 heteroatoms. The molecule has 0 aromatic heterocycles. The molecule has 0 spiro atoms. The number of benzene rings is 3. The van der Waals surface area contributed by atoms with Gasteiger partial charge in [-0.2, -0.15) is 0 Å². The number of carboxylic acids is 1. The zero-order chi connectivity index (χ0) is 22.2. The predicted molar refractivity (Wildman–Crippen MR) is 128 cm³/mol. The molecule has 162 valence electrons. The summed E-state index contributed by atoms with van der Waals surface area (Å²) < 4.78 is 0. The number of aliphatic hydroxyl groups excluding tert-OH is 1. The average Bonchev–Trinajstić information content (AvgIpc) is 2.77. The van der Waals surface area contributed by atoms with Crippen LogP contribution in [0, 0.1) is 0 Å². The van der Waals surface area contributed by atoms with Crippen molar-refractivity contribution in [3.63, 3.8) is 0 Å². The second-order valence-corrected chi connectivity index (χ2v) is 9.38. The molecule has 0 aliphatic heterocycles. The maximum absolute atomic E-state index is 11.5. The summed E-state index contributed by atoms with van der Waals surface area (Å²) in [5.74, 6) is -0.894. The molecule has 0 amide bonds. The Bertz CT molecular complexity index is 987. The number of carbonyl (C=O) groups is 1. The summed E-state index contributed by atoms with van der Waals surface area (Å²) >= 11 is 1.57. The van der Waals surface area contributed by atoms with Crippen molar-refractivity contribution < 1.29 is 15.0 Å². The SMILES string of the molecule is CC(C)Sc1cc(-c2ccc(CCNC[C@H](O)c3ccccc3)cc2)ccc1C(=O)O. The lowest BCUT2D eigenvalue weighted by Gasteiger charge is -2.13. The number of carboxylic acid groups (broad SMARTS) is 1. The Morgan fingerprint density at radius 1 is 0.968 bits per heavy atom. The van der Waals surface area contributed by atoms with Gasteiger partial charge < -0.3 is 15.5 Å². The van der Waals surface area contributed by atoms with E-state index in [-0.39, 0.29) is 0 Å². The number of aromatic carboxylic acids is 1. The third-order valence-electron chi connectivity index (χ3n) is 4.97. The first-order valence-corrected chi connectivity index (χ1v) is 11.4. The smallest absolute Gasteiger partial charge is 0.336 e. The molecule has 0 unspecified atom stereocenters. The third kappa shape index (κ3) is 6.69. The monoisotopic (exact) mass is 435 g/mol. The van der Waals surface area contributed by atoms with E-state index in [1.807, 2.05) is 42.5 Å². The van der Waals surface area contributed by atoms with Crippen LogP contribution in [0.15, 0.2) is 77.7 Å². The van der Waals surface area contributed by atoms with Crippen LogP contribution in [-0.4, -0.2) is 34.5 Å². The summed E-state index contributed by atoms with van der Waals surface area (Å²) in [5.41, 5.74) is 4.57. The van der Waals surface area contributed by atoms with E-state index in [4.69, 9.17) is 0 Å². The van der Waals surface area contributed by atoms with Crippen LogP contribution in [0.1, 0.15) is 41.4 Å². The van der Waals surface area contributed by atoms with Crippen molar-refractivity contribution in [3.8, 4) is 11.1 Å². The van der Waals surface area contributed by atoms with Gasteiger partial charge in [0.15, 0.2) is 0 Å². The fraction of sp³-hybridized carbons (Fsp3) is 0.269. The molecule has 0 aliphatic carbocycles. The molecule has 0 saturated carbocycles. The molecule has 0 fully saturated rings. The quantitative estimate of drug-likeness (QED) is 0.293. The van der Waals surface area contributed by atoms with E-state index in [2.05, 4.69) is 43.4 Å². The largest absolute Gasteiger partial charge is 0.478 e. The molecule has 0 aliphatic rings. The van der Waals surface area contributed by atoms with E-state index in [0.717, 1.165) is 34.6 Å². The van der Waals surface area contributed by atoms with Gasteiger partial charge in [0.05, 0.1) is 11.7 Å². The van der Waals surface area contributed by atoms with Gasteiger partial charge in [0, 0.05) is 16.7 Å². The zero-order valence-corrected chi connectivity index (χ0v) is 18.7. The van der Waals surface area contributed by atoms with E-state index in [1.165, 1.54) is 5.56 Å². The molecule has 3 aromatic carbocycles. The molecule has 1 atom stereocenters. The molecule has 4 nitrogen and oxygen atoms in total. The molecule has 3 aromatic rings. The highest BCUT2D eigenvalue weighted by Gasteiger charge is 2.13. The Balaban J connectivity index is 1.58. The molecule has 0 radical (unpaired) electrons. The zero-order valence-electron chi connectivity index (χ0n) is 17.9. The minimum absolute atomic E-state index is 0.309. The lowest BCUT2D eigenvalue weighted by Crippen LogP contribution is -2.23. The fourth-order valence-corrected chi connectivity index (χ4v) is 4.34. The number of aliphatic hydroxyl groups is 1. The summed E-state index contributed by atoms with van der Waals surface area (Å²) in [6.45, 7) is 5.43. The second-order valence-electron chi connectivity index (χ2n) is 7.76. The Kier molecular flexibility index (Phi) is 8.29. The standard InChI is InChI=1S/C26H29NO3S/c1-18(2)31-25-16-22(12-13-23(25)26(29)30)20-10-8-19(9-11-20)14-15-27-17-24(28)21-6-4-3-5-7-21/h3-13,16,18,24,27-28H,14-15,17H2,1-2H3,(H,29,30)/t24-/m0/s1. The first-order valence-electron chi connectivity index (χ1n) is 10.5. The fourth-order valence-electron chi connectivity index (χ4n) is 3.36. The normalized spacial score (nSPS) is 12.1. The van der Waals surface area contributed by atoms with Gasteiger partial charge in [0.1, 0.15) is 0 Å². The van der Waals surface area contributed by atoms with Gasteiger partial charge in [-0.15, -0.1) is 11.8 Å². The van der Waals surface area contributed by atoms with Gasteiger partial charge in [-0.25, -0.2) is 4.79 Å². The van der Waals surface area contributed by atoms with Crippen LogP contribution in [0.5, 0.6) is 0 Å². The second kappa shape index (κ2) is 11.1. The van der Waals surface area contributed by atoms with Crippen LogP contribution in [0.25, 0.3) is 11.1 Å². The van der Waals surface area contributed by atoms with Crippen LogP contribution in [0.4, 0.5) is 0 Å². The molecule has 0 heterocycles. The molecule has 0 saturated heterocycles. The molecule has 3 rings (SSSR count). The van der Waals surface area contributed by atoms with E-state index in [1.54, 1.807) is 17.8 Å². The molecule has 31 heavy (non-hydrogen) atoms. The van der Waals surface area contributed by atoms with Gasteiger partial charge in [0.25, 0.3) is 0 Å². The first-order chi connectivity index (χ1) is 14.9. The first kappa shape index (κ1) is 23.1. The highest BCUT2D eigenvalue weighted by atomic mass is 32.2. The third-order valence-corrected chi connectivity index (χ3v) is 6.04. The van der Waals surface area contributed by atoms with Crippen LogP contribution < -0.4 is 5.32 Å². The Morgan fingerprint density at radius 3 is 2.29 bits per heavy atom. The van der Waals surface area contributed by atoms with E-state index < -0.39 is 12.1 Å². The highest BCUT2D eigenvalue weighted by molar-refractivity contribution is 8.00. The van der Waals surface area contributed by atoms with E-state index in [9.17, 15) is 15.0 Å². The van der Waals surface area contributed by atoms with Crippen molar-refractivity contribution in [2.75, 3.05) is 13.1 Å². The van der Waals surface area contributed by atoms with Gasteiger partial charge in [-0.3, -0.25) is 0 Å². The molecular formula is C26H29NO3S. The summed E-state index contributed by atoms with van der Waals surface area (Å²) in [7, 11) is 0. The van der Waals surface area contributed by atoms with Crippen LogP contribution >= 0.6 is 11.8 Å². The Morgan fingerprint density at radius 2 is 1.65 bits per heavy atom. The number of thioether (sulfide) groups is 1. The number of rotatable bonds is 10. The van der Waals surface area contributed by atoms with Crippen molar-refractivity contribution in [2.24, 2.45) is 0 Å². The van der Waals surface area contributed by atoms with Crippen LogP contribution in [0.3, 0.4) is 0 Å². The molecular weight excluding hydrogens is 406 g/mol. The van der Waals surface area contributed by atoms with Gasteiger partial charge in [-0.1, -0.05) is 74.5 Å². The average molecular weight is 436 g/mol. The van der Waals surface area contributed by atoms with Crippen molar-refractivity contribution in [1.29, 1.82) is 0 Å².